The maximum Gasteiger partial charge on any atom is 0.213 e. The molecule has 1 N–H and O–H groups in total. The monoisotopic (exact) mass is 188 g/mol. The van der Waals surface area contributed by atoms with Gasteiger partial charge >= 0.3 is 0 Å². The van der Waals surface area contributed by atoms with Crippen molar-refractivity contribution in [3.05, 3.63) is 11.3 Å². The quantitative estimate of drug-likeness (QED) is 0.670. The number of hydrogen-bond acceptors (Lipinski definition) is 2. The molecule has 0 fully saturated rings. The van der Waals surface area contributed by atoms with Gasteiger partial charge in [0, 0.05) is 0 Å². The summed E-state index contributed by atoms with van der Waals surface area (Å²) in [5, 5.41) is 9.98. The van der Waals surface area contributed by atoms with Crippen molar-refractivity contribution in [3.63, 3.8) is 0 Å². The van der Waals surface area contributed by atoms with Crippen LogP contribution in [0.2, 0.25) is 13.1 Å². The third kappa shape index (κ3) is 4.04. The van der Waals surface area contributed by atoms with Crippen molar-refractivity contribution < 1.29 is 9.53 Å². The highest BCUT2D eigenvalue weighted by atomic mass is 28.4. The Kier molecular flexibility index (Phi) is 5.45. The van der Waals surface area contributed by atoms with Crippen LogP contribution in [0.1, 0.15) is 20.3 Å². The SMILES string of the molecule is CC/C=C(\C)[Si](C)(C)OCCO. The maximum atomic E-state index is 8.62. The van der Waals surface area contributed by atoms with Gasteiger partial charge in [0.15, 0.2) is 0 Å². The molecule has 0 aromatic carbocycles. The molecule has 0 aliphatic carbocycles. The second kappa shape index (κ2) is 5.51. The minimum absolute atomic E-state index is 0.121. The van der Waals surface area contributed by atoms with E-state index in [1.807, 2.05) is 0 Å². The molecule has 0 amide bonds. The number of hydrogen-bond donors (Lipinski definition) is 1. The van der Waals surface area contributed by atoms with Crippen LogP contribution in [0.3, 0.4) is 0 Å². The van der Waals surface area contributed by atoms with E-state index >= 15 is 0 Å². The molecule has 0 aliphatic rings. The fraction of sp³-hybridized carbons (Fsp3) is 0.778. The fourth-order valence-corrected chi connectivity index (χ4v) is 2.49. The van der Waals surface area contributed by atoms with E-state index in [4.69, 9.17) is 9.53 Å². The first-order chi connectivity index (χ1) is 5.54. The van der Waals surface area contributed by atoms with Crippen molar-refractivity contribution >= 4 is 8.32 Å². The standard InChI is InChI=1S/C9H20O2Si/c1-5-6-9(2)12(3,4)11-8-7-10/h6,10H,5,7-8H2,1-4H3/b9-6+. The number of allylic oxidation sites excluding steroid dienone is 2. The zero-order chi connectivity index (χ0) is 9.61. The van der Waals surface area contributed by atoms with E-state index < -0.39 is 8.32 Å². The van der Waals surface area contributed by atoms with Crippen LogP contribution in [-0.4, -0.2) is 26.6 Å². The average Bonchev–Trinajstić information content (AvgIpc) is 2.01. The molecule has 0 saturated heterocycles. The van der Waals surface area contributed by atoms with Crippen LogP contribution >= 0.6 is 0 Å². The number of aliphatic hydroxyl groups is 1. The van der Waals surface area contributed by atoms with Crippen LogP contribution in [0, 0.1) is 0 Å². The molecule has 0 aromatic heterocycles. The number of rotatable bonds is 5. The van der Waals surface area contributed by atoms with Gasteiger partial charge in [-0.05, 0) is 26.4 Å². The molecule has 0 atom stereocenters. The summed E-state index contributed by atoms with van der Waals surface area (Å²) in [6.45, 7) is 9.14. The Morgan fingerprint density at radius 1 is 1.50 bits per heavy atom. The molecule has 0 bridgehead atoms. The highest BCUT2D eigenvalue weighted by Gasteiger charge is 2.23. The molecular weight excluding hydrogens is 168 g/mol. The van der Waals surface area contributed by atoms with Gasteiger partial charge in [-0.25, -0.2) is 0 Å². The highest BCUT2D eigenvalue weighted by Crippen LogP contribution is 2.15. The van der Waals surface area contributed by atoms with Gasteiger partial charge in [0.25, 0.3) is 0 Å². The lowest BCUT2D eigenvalue weighted by Crippen LogP contribution is -2.33. The predicted octanol–water partition coefficient (Wildman–Crippen LogP) is 2.10. The molecule has 12 heavy (non-hydrogen) atoms. The second-order valence-electron chi connectivity index (χ2n) is 3.38. The minimum atomic E-state index is -1.65. The van der Waals surface area contributed by atoms with Crippen LogP contribution in [0.25, 0.3) is 0 Å². The molecular formula is C9H20O2Si. The van der Waals surface area contributed by atoms with Crippen molar-refractivity contribution in [2.75, 3.05) is 13.2 Å². The third-order valence-corrected chi connectivity index (χ3v) is 5.04. The molecule has 0 rings (SSSR count). The molecule has 72 valence electrons. The van der Waals surface area contributed by atoms with Crippen LogP contribution < -0.4 is 0 Å². The molecule has 3 heteroatoms. The van der Waals surface area contributed by atoms with Crippen LogP contribution in [-0.2, 0) is 4.43 Å². The van der Waals surface area contributed by atoms with Gasteiger partial charge in [0.1, 0.15) is 0 Å². The van der Waals surface area contributed by atoms with Crippen molar-refractivity contribution in [1.82, 2.24) is 0 Å². The Bertz CT molecular complexity index is 153. The predicted molar refractivity (Wildman–Crippen MR) is 54.6 cm³/mol. The summed E-state index contributed by atoms with van der Waals surface area (Å²) >= 11 is 0. The normalized spacial score (nSPS) is 13.6. The first-order valence-electron chi connectivity index (χ1n) is 4.46. The van der Waals surface area contributed by atoms with E-state index in [0.29, 0.717) is 6.61 Å². The van der Waals surface area contributed by atoms with Crippen molar-refractivity contribution in [3.8, 4) is 0 Å². The topological polar surface area (TPSA) is 29.5 Å². The highest BCUT2D eigenvalue weighted by molar-refractivity contribution is 6.78. The third-order valence-electron chi connectivity index (χ3n) is 2.01. The first kappa shape index (κ1) is 11.9. The fourth-order valence-electron chi connectivity index (χ4n) is 0.967. The Hall–Kier alpha value is -0.123. The molecule has 0 unspecified atom stereocenters. The smallest absolute Gasteiger partial charge is 0.213 e. The Balaban J connectivity index is 4.08. The van der Waals surface area contributed by atoms with Crippen LogP contribution in [0.15, 0.2) is 11.3 Å². The van der Waals surface area contributed by atoms with Gasteiger partial charge in [0.2, 0.25) is 8.32 Å². The van der Waals surface area contributed by atoms with E-state index in [-0.39, 0.29) is 6.61 Å². The lowest BCUT2D eigenvalue weighted by atomic mass is 10.4. The van der Waals surface area contributed by atoms with Crippen molar-refractivity contribution in [2.45, 2.75) is 33.4 Å². The summed E-state index contributed by atoms with van der Waals surface area (Å²) in [7, 11) is -1.65. The van der Waals surface area contributed by atoms with E-state index in [0.717, 1.165) is 6.42 Å². The van der Waals surface area contributed by atoms with Gasteiger partial charge in [-0.3, -0.25) is 0 Å². The van der Waals surface area contributed by atoms with Crippen LogP contribution in [0.5, 0.6) is 0 Å². The zero-order valence-electron chi connectivity index (χ0n) is 8.55. The van der Waals surface area contributed by atoms with Gasteiger partial charge < -0.3 is 9.53 Å². The largest absolute Gasteiger partial charge is 0.411 e. The van der Waals surface area contributed by atoms with Gasteiger partial charge in [-0.15, -0.1) is 0 Å². The molecule has 0 saturated carbocycles. The summed E-state index contributed by atoms with van der Waals surface area (Å²) < 4.78 is 5.61. The Labute approximate surface area is 76.4 Å². The molecule has 2 nitrogen and oxygen atoms in total. The van der Waals surface area contributed by atoms with Crippen molar-refractivity contribution in [2.24, 2.45) is 0 Å². The van der Waals surface area contributed by atoms with Gasteiger partial charge in [-0.1, -0.05) is 18.2 Å². The van der Waals surface area contributed by atoms with Gasteiger partial charge in [0.05, 0.1) is 13.2 Å². The van der Waals surface area contributed by atoms with E-state index in [9.17, 15) is 0 Å². The van der Waals surface area contributed by atoms with Crippen LogP contribution in [0.4, 0.5) is 0 Å². The zero-order valence-corrected chi connectivity index (χ0v) is 9.55. The van der Waals surface area contributed by atoms with E-state index in [1.54, 1.807) is 0 Å². The average molecular weight is 188 g/mol. The van der Waals surface area contributed by atoms with E-state index in [1.165, 1.54) is 5.20 Å². The lowest BCUT2D eigenvalue weighted by molar-refractivity contribution is 0.197. The summed E-state index contributed by atoms with van der Waals surface area (Å²) in [6.07, 6.45) is 3.27. The Morgan fingerprint density at radius 3 is 2.50 bits per heavy atom. The second-order valence-corrected chi connectivity index (χ2v) is 7.48. The molecule has 0 heterocycles. The number of aliphatic hydroxyl groups excluding tert-OH is 1. The van der Waals surface area contributed by atoms with E-state index in [2.05, 4.69) is 33.0 Å². The molecule has 0 aliphatic heterocycles. The Morgan fingerprint density at radius 2 is 2.08 bits per heavy atom. The van der Waals surface area contributed by atoms with Gasteiger partial charge in [-0.2, -0.15) is 0 Å². The molecule has 0 aromatic rings. The first-order valence-corrected chi connectivity index (χ1v) is 7.37. The molecule has 0 radical (unpaired) electrons. The maximum absolute atomic E-state index is 8.62. The summed E-state index contributed by atoms with van der Waals surface area (Å²) in [4.78, 5) is 0. The molecule has 0 spiro atoms. The lowest BCUT2D eigenvalue weighted by Gasteiger charge is -2.23. The summed E-state index contributed by atoms with van der Waals surface area (Å²) in [5.41, 5.74) is 0. The summed E-state index contributed by atoms with van der Waals surface area (Å²) in [5.74, 6) is 0. The van der Waals surface area contributed by atoms with Crippen molar-refractivity contribution in [1.29, 1.82) is 0 Å². The minimum Gasteiger partial charge on any atom is -0.411 e. The summed E-state index contributed by atoms with van der Waals surface area (Å²) in [6, 6.07) is 0.